The first-order valence-corrected chi connectivity index (χ1v) is 22.1. The molecule has 1 amide bonds. The summed E-state index contributed by atoms with van der Waals surface area (Å²) in [6.45, 7) is 4.66. The number of hydrogen-bond donors (Lipinski definition) is 2. The number of likely N-dealkylation sites (N-methyl/N-ethyl adjacent to an activating group) is 1. The van der Waals surface area contributed by atoms with Crippen LogP contribution in [0.4, 0.5) is 0 Å². The van der Waals surface area contributed by atoms with Gasteiger partial charge in [-0.1, -0.05) is 154 Å². The topological polar surface area (TPSA) is 108 Å². The Balaban J connectivity index is 4.40. The van der Waals surface area contributed by atoms with Gasteiger partial charge in [0.2, 0.25) is 5.91 Å². The van der Waals surface area contributed by atoms with Crippen LogP contribution < -0.4 is 10.2 Å². The van der Waals surface area contributed by atoms with Crippen LogP contribution in [-0.2, 0) is 18.4 Å². The van der Waals surface area contributed by atoms with Gasteiger partial charge in [0.15, 0.2) is 0 Å². The predicted molar refractivity (Wildman–Crippen MR) is 210 cm³/mol. The van der Waals surface area contributed by atoms with Gasteiger partial charge in [0.05, 0.1) is 39.9 Å². The summed E-state index contributed by atoms with van der Waals surface area (Å²) in [6, 6.07) is -0.800. The van der Waals surface area contributed by atoms with Crippen LogP contribution in [0.15, 0.2) is 24.3 Å². The number of carbonyl (C=O) groups excluding carboxylic acids is 1. The first kappa shape index (κ1) is 49.0. The Morgan fingerprint density at radius 2 is 1.16 bits per heavy atom. The Bertz CT molecular complexity index is 876. The van der Waals surface area contributed by atoms with Gasteiger partial charge in [-0.25, -0.2) is 0 Å². The minimum atomic E-state index is -4.56. The van der Waals surface area contributed by atoms with Crippen molar-refractivity contribution in [2.24, 2.45) is 0 Å². The number of allylic oxidation sites excluding steroid dienone is 4. The number of nitrogens with zero attached hydrogens (tertiary/aromatic N) is 1. The van der Waals surface area contributed by atoms with E-state index in [1.165, 1.54) is 103 Å². The molecular weight excluding hydrogens is 647 g/mol. The molecule has 9 heteroatoms. The average Bonchev–Trinajstić information content (AvgIpc) is 3.06. The highest BCUT2D eigenvalue weighted by Gasteiger charge is 2.24. The van der Waals surface area contributed by atoms with Crippen molar-refractivity contribution in [2.45, 2.75) is 193 Å². The summed E-state index contributed by atoms with van der Waals surface area (Å²) in [6.07, 6.45) is 37.4. The molecule has 0 heterocycles. The van der Waals surface area contributed by atoms with Crippen LogP contribution >= 0.6 is 7.82 Å². The zero-order chi connectivity index (χ0) is 37.2. The highest BCUT2D eigenvalue weighted by atomic mass is 31.2. The highest BCUT2D eigenvalue weighted by Crippen LogP contribution is 2.38. The summed E-state index contributed by atoms with van der Waals surface area (Å²) in [7, 11) is 1.30. The molecule has 2 N–H and O–H groups in total. The molecule has 0 radical (unpaired) electrons. The zero-order valence-electron chi connectivity index (χ0n) is 33.4. The first-order valence-electron chi connectivity index (χ1n) is 20.7. The monoisotopic (exact) mass is 729 g/mol. The van der Waals surface area contributed by atoms with Gasteiger partial charge in [0.1, 0.15) is 13.2 Å². The fourth-order valence-corrected chi connectivity index (χ4v) is 6.56. The van der Waals surface area contributed by atoms with Gasteiger partial charge >= 0.3 is 0 Å². The van der Waals surface area contributed by atoms with Crippen molar-refractivity contribution < 1.29 is 32.9 Å². The van der Waals surface area contributed by atoms with Crippen LogP contribution in [0.1, 0.15) is 181 Å². The second kappa shape index (κ2) is 33.8. The molecule has 296 valence electrons. The SMILES string of the molecule is CCCCC/C=C\C/C=C\CCCCCCCCCC(=O)NC(COP(=O)([O-])OCC[N+](C)(C)C)C(O)CCCCCCCCCCCCC. The third-order valence-corrected chi connectivity index (χ3v) is 10.2. The van der Waals surface area contributed by atoms with Crippen molar-refractivity contribution >= 4 is 13.7 Å². The van der Waals surface area contributed by atoms with E-state index in [0.717, 1.165) is 51.4 Å². The summed E-state index contributed by atoms with van der Waals surface area (Å²) in [5, 5.41) is 13.8. The molecule has 0 aromatic heterocycles. The van der Waals surface area contributed by atoms with E-state index in [0.29, 0.717) is 23.9 Å². The summed E-state index contributed by atoms with van der Waals surface area (Å²) >= 11 is 0. The molecule has 0 aliphatic carbocycles. The largest absolute Gasteiger partial charge is 0.756 e. The molecule has 50 heavy (non-hydrogen) atoms. The van der Waals surface area contributed by atoms with Crippen molar-refractivity contribution in [2.75, 3.05) is 40.9 Å². The van der Waals surface area contributed by atoms with Gasteiger partial charge < -0.3 is 28.8 Å². The third kappa shape index (κ3) is 35.4. The molecule has 0 saturated heterocycles. The molecular formula is C41H81N2O6P. The van der Waals surface area contributed by atoms with Crippen LogP contribution in [0.3, 0.4) is 0 Å². The smallest absolute Gasteiger partial charge is 0.268 e. The molecule has 8 nitrogen and oxygen atoms in total. The number of hydrogen-bond acceptors (Lipinski definition) is 6. The van der Waals surface area contributed by atoms with E-state index in [9.17, 15) is 19.4 Å². The molecule has 3 unspecified atom stereocenters. The fraction of sp³-hybridized carbons (Fsp3) is 0.878. The number of nitrogens with one attached hydrogen (secondary N) is 1. The summed E-state index contributed by atoms with van der Waals surface area (Å²) in [4.78, 5) is 25.2. The second-order valence-electron chi connectivity index (χ2n) is 15.3. The Kier molecular flexibility index (Phi) is 33.1. The Morgan fingerprint density at radius 1 is 0.700 bits per heavy atom. The van der Waals surface area contributed by atoms with E-state index in [-0.39, 0.29) is 19.1 Å². The maximum Gasteiger partial charge on any atom is 0.268 e. The van der Waals surface area contributed by atoms with Gasteiger partial charge in [0.25, 0.3) is 7.82 Å². The Hall–Kier alpha value is -1.02. The molecule has 0 aromatic carbocycles. The standard InChI is InChI=1S/C41H81N2O6P/c1-6-8-10-12-14-16-18-19-20-21-22-23-25-27-29-31-33-35-41(45)42-39(38-49-50(46,47)48-37-36-43(3,4)5)40(44)34-32-30-28-26-24-17-15-13-11-9-7-2/h14,16,19-20,39-40,44H,6-13,15,17-18,21-38H2,1-5H3,(H-,42,45,46,47)/b16-14-,20-19-. The number of phosphoric ester groups is 1. The molecule has 0 rings (SSSR count). The van der Waals surface area contributed by atoms with Crippen LogP contribution in [0.2, 0.25) is 0 Å². The normalized spacial score (nSPS) is 14.8. The quantitative estimate of drug-likeness (QED) is 0.0285. The fourth-order valence-electron chi connectivity index (χ4n) is 5.83. The van der Waals surface area contributed by atoms with Crippen LogP contribution in [0.25, 0.3) is 0 Å². The van der Waals surface area contributed by atoms with Crippen molar-refractivity contribution in [3.63, 3.8) is 0 Å². The average molecular weight is 729 g/mol. The number of aliphatic hydroxyl groups is 1. The van der Waals surface area contributed by atoms with Gasteiger partial charge in [-0.3, -0.25) is 9.36 Å². The molecule has 0 aromatic rings. The van der Waals surface area contributed by atoms with E-state index in [4.69, 9.17) is 9.05 Å². The zero-order valence-corrected chi connectivity index (χ0v) is 34.2. The number of aliphatic hydroxyl groups excluding tert-OH is 1. The number of phosphoric acid groups is 1. The number of unbranched alkanes of at least 4 members (excludes halogenated alkanes) is 20. The lowest BCUT2D eigenvalue weighted by Gasteiger charge is -2.30. The van der Waals surface area contributed by atoms with E-state index in [1.807, 2.05) is 21.1 Å². The van der Waals surface area contributed by atoms with Gasteiger partial charge in [-0.2, -0.15) is 0 Å². The molecule has 0 aliphatic heterocycles. The van der Waals surface area contributed by atoms with Gasteiger partial charge in [-0.05, 0) is 44.9 Å². The number of amides is 1. The van der Waals surface area contributed by atoms with Gasteiger partial charge in [0, 0.05) is 6.42 Å². The van der Waals surface area contributed by atoms with Crippen molar-refractivity contribution in [1.29, 1.82) is 0 Å². The third-order valence-electron chi connectivity index (χ3n) is 9.19. The van der Waals surface area contributed by atoms with Gasteiger partial charge in [-0.15, -0.1) is 0 Å². The molecule has 0 saturated carbocycles. The highest BCUT2D eigenvalue weighted by molar-refractivity contribution is 7.45. The van der Waals surface area contributed by atoms with Crippen molar-refractivity contribution in [3.05, 3.63) is 24.3 Å². The maximum atomic E-state index is 12.8. The lowest BCUT2D eigenvalue weighted by atomic mass is 10.0. The summed E-state index contributed by atoms with van der Waals surface area (Å²) < 4.78 is 23.2. The van der Waals surface area contributed by atoms with E-state index in [2.05, 4.69) is 43.5 Å². The summed E-state index contributed by atoms with van der Waals surface area (Å²) in [5.74, 6) is -0.175. The van der Waals surface area contributed by atoms with Crippen molar-refractivity contribution in [3.8, 4) is 0 Å². The molecule has 0 aliphatic rings. The van der Waals surface area contributed by atoms with Crippen LogP contribution in [0.5, 0.6) is 0 Å². The lowest BCUT2D eigenvalue weighted by Crippen LogP contribution is -2.46. The molecule has 3 atom stereocenters. The van der Waals surface area contributed by atoms with E-state index >= 15 is 0 Å². The molecule has 0 fully saturated rings. The minimum absolute atomic E-state index is 0.0107. The predicted octanol–water partition coefficient (Wildman–Crippen LogP) is 10.3. The lowest BCUT2D eigenvalue weighted by molar-refractivity contribution is -0.870. The summed E-state index contributed by atoms with van der Waals surface area (Å²) in [5.41, 5.74) is 0. The maximum absolute atomic E-state index is 12.8. The van der Waals surface area contributed by atoms with E-state index in [1.54, 1.807) is 0 Å². The molecule has 0 spiro atoms. The van der Waals surface area contributed by atoms with E-state index < -0.39 is 20.0 Å². The number of carbonyl (C=O) groups is 1. The first-order chi connectivity index (χ1) is 24.0. The second-order valence-corrected chi connectivity index (χ2v) is 16.8. The Morgan fingerprint density at radius 3 is 1.70 bits per heavy atom. The number of quaternary nitrogens is 1. The van der Waals surface area contributed by atoms with Crippen LogP contribution in [-0.4, -0.2) is 68.5 Å². The van der Waals surface area contributed by atoms with Crippen molar-refractivity contribution in [1.82, 2.24) is 5.32 Å². The minimum Gasteiger partial charge on any atom is -0.756 e. The number of rotatable bonds is 37. The van der Waals surface area contributed by atoms with Crippen LogP contribution in [0, 0.1) is 0 Å². The molecule has 0 bridgehead atoms. The Labute approximate surface area is 309 Å².